The second-order valence-corrected chi connectivity index (χ2v) is 8.16. The number of hydrogen-bond donors (Lipinski definition) is 1. The SMILES string of the molecule is CCn1ncc2c(N3CCCC3)c(NC(=O)c3ccc(=O)n(-c4c(F)cccc4F)n3)cc(F)c21. The average Bonchev–Trinajstić information content (AvgIpc) is 3.51. The van der Waals surface area contributed by atoms with Gasteiger partial charge >= 0.3 is 0 Å². The fourth-order valence-electron chi connectivity index (χ4n) is 4.41. The molecule has 0 unspecified atom stereocenters. The molecule has 2 aromatic carbocycles. The van der Waals surface area contributed by atoms with E-state index in [1.54, 1.807) is 10.9 Å². The van der Waals surface area contributed by atoms with Gasteiger partial charge in [0, 0.05) is 37.2 Å². The first-order valence-corrected chi connectivity index (χ1v) is 11.2. The third-order valence-corrected chi connectivity index (χ3v) is 6.00. The van der Waals surface area contributed by atoms with Gasteiger partial charge < -0.3 is 10.2 Å². The number of carbonyl (C=O) groups excluding carboxylic acids is 1. The summed E-state index contributed by atoms with van der Waals surface area (Å²) in [5, 5.41) is 11.4. The van der Waals surface area contributed by atoms with Crippen LogP contribution in [0.25, 0.3) is 16.6 Å². The highest BCUT2D eigenvalue weighted by Crippen LogP contribution is 2.38. The number of carbonyl (C=O) groups is 1. The molecule has 0 radical (unpaired) electrons. The van der Waals surface area contributed by atoms with Gasteiger partial charge in [0.2, 0.25) is 0 Å². The van der Waals surface area contributed by atoms with Gasteiger partial charge in [0.25, 0.3) is 11.5 Å². The van der Waals surface area contributed by atoms with Crippen molar-refractivity contribution in [2.24, 2.45) is 0 Å². The number of anilines is 2. The first-order valence-electron chi connectivity index (χ1n) is 11.2. The lowest BCUT2D eigenvalue weighted by Crippen LogP contribution is -2.27. The van der Waals surface area contributed by atoms with Gasteiger partial charge in [-0.05, 0) is 38.0 Å². The lowest BCUT2D eigenvalue weighted by molar-refractivity contribution is 0.102. The van der Waals surface area contributed by atoms with Crippen LogP contribution >= 0.6 is 0 Å². The van der Waals surface area contributed by atoms with Gasteiger partial charge in [0.15, 0.2) is 17.5 Å². The molecule has 4 aromatic rings. The first-order chi connectivity index (χ1) is 16.9. The summed E-state index contributed by atoms with van der Waals surface area (Å²) >= 11 is 0. The number of nitrogens with zero attached hydrogens (tertiary/aromatic N) is 5. The third kappa shape index (κ3) is 3.92. The van der Waals surface area contributed by atoms with E-state index in [4.69, 9.17) is 0 Å². The van der Waals surface area contributed by atoms with Gasteiger partial charge in [-0.15, -0.1) is 0 Å². The van der Waals surface area contributed by atoms with Crippen LogP contribution in [0, 0.1) is 17.5 Å². The van der Waals surface area contributed by atoms with E-state index >= 15 is 4.39 Å². The highest BCUT2D eigenvalue weighted by Gasteiger charge is 2.25. The summed E-state index contributed by atoms with van der Waals surface area (Å²) < 4.78 is 45.6. The van der Waals surface area contributed by atoms with Crippen LogP contribution in [0.4, 0.5) is 24.5 Å². The molecule has 1 aliphatic heterocycles. The van der Waals surface area contributed by atoms with E-state index in [1.165, 1.54) is 6.07 Å². The minimum atomic E-state index is -1.01. The summed E-state index contributed by atoms with van der Waals surface area (Å²) in [6.45, 7) is 3.80. The van der Waals surface area contributed by atoms with Crippen molar-refractivity contribution >= 4 is 28.2 Å². The molecular weight excluding hydrogens is 461 g/mol. The zero-order valence-electron chi connectivity index (χ0n) is 18.8. The lowest BCUT2D eigenvalue weighted by Gasteiger charge is -2.23. The van der Waals surface area contributed by atoms with E-state index in [1.807, 2.05) is 6.92 Å². The van der Waals surface area contributed by atoms with Gasteiger partial charge in [-0.1, -0.05) is 6.07 Å². The van der Waals surface area contributed by atoms with Crippen LogP contribution in [-0.2, 0) is 6.54 Å². The Kier molecular flexibility index (Phi) is 5.75. The maximum atomic E-state index is 15.1. The monoisotopic (exact) mass is 482 g/mol. The molecule has 1 aliphatic rings. The summed E-state index contributed by atoms with van der Waals surface area (Å²) in [6, 6.07) is 6.48. The van der Waals surface area contributed by atoms with E-state index in [0.29, 0.717) is 27.8 Å². The summed E-state index contributed by atoms with van der Waals surface area (Å²) in [5.41, 5.74) is -0.583. The third-order valence-electron chi connectivity index (χ3n) is 6.00. The van der Waals surface area contributed by atoms with Crippen molar-refractivity contribution in [1.29, 1.82) is 0 Å². The smallest absolute Gasteiger partial charge is 0.276 e. The first kappa shape index (κ1) is 22.6. The van der Waals surface area contributed by atoms with Crippen molar-refractivity contribution in [3.05, 3.63) is 76.1 Å². The van der Waals surface area contributed by atoms with Gasteiger partial charge in [0.05, 0.1) is 17.6 Å². The molecular formula is C24H21F3N6O2. The minimum Gasteiger partial charge on any atom is -0.369 e. The van der Waals surface area contributed by atoms with E-state index in [9.17, 15) is 18.4 Å². The number of aryl methyl sites for hydroxylation is 1. The Morgan fingerprint density at radius 2 is 1.74 bits per heavy atom. The normalized spacial score (nSPS) is 13.5. The van der Waals surface area contributed by atoms with Crippen molar-refractivity contribution in [1.82, 2.24) is 19.6 Å². The Hall–Kier alpha value is -4.15. The molecule has 0 bridgehead atoms. The lowest BCUT2D eigenvalue weighted by atomic mass is 10.1. The molecule has 0 spiro atoms. The standard InChI is InChI=1S/C24H21F3N6O2/c1-2-32-21-14(13-28-32)22(31-10-3-4-11-31)19(12-17(21)27)29-24(35)18-8-9-20(34)33(30-18)23-15(25)6-5-7-16(23)26/h5-9,12-13H,2-4,10-11H2,1H3,(H,29,35). The van der Waals surface area contributed by atoms with Crippen LogP contribution in [-0.4, -0.2) is 38.6 Å². The number of hydrogen-bond acceptors (Lipinski definition) is 5. The molecule has 1 N–H and O–H groups in total. The molecule has 0 aliphatic carbocycles. The molecule has 0 atom stereocenters. The zero-order valence-corrected chi connectivity index (χ0v) is 18.8. The molecule has 2 aromatic heterocycles. The highest BCUT2D eigenvalue weighted by molar-refractivity contribution is 6.09. The average molecular weight is 482 g/mol. The molecule has 8 nitrogen and oxygen atoms in total. The van der Waals surface area contributed by atoms with Gasteiger partial charge in [-0.3, -0.25) is 14.3 Å². The number of aromatic nitrogens is 4. The van der Waals surface area contributed by atoms with Crippen LogP contribution in [0.5, 0.6) is 0 Å². The minimum absolute atomic E-state index is 0.217. The van der Waals surface area contributed by atoms with E-state index < -0.39 is 34.6 Å². The second kappa shape index (κ2) is 8.90. The number of para-hydroxylation sites is 1. The Morgan fingerprint density at radius 3 is 2.43 bits per heavy atom. The largest absolute Gasteiger partial charge is 0.369 e. The number of benzene rings is 2. The number of halogens is 3. The van der Waals surface area contributed by atoms with Crippen LogP contribution in [0.2, 0.25) is 0 Å². The van der Waals surface area contributed by atoms with Crippen molar-refractivity contribution in [3.8, 4) is 5.69 Å². The Morgan fingerprint density at radius 1 is 1.03 bits per heavy atom. The quantitative estimate of drug-likeness (QED) is 0.467. The van der Waals surface area contributed by atoms with Crippen molar-refractivity contribution in [2.75, 3.05) is 23.3 Å². The van der Waals surface area contributed by atoms with Gasteiger partial charge in [-0.2, -0.15) is 14.9 Å². The number of nitrogens with one attached hydrogen (secondary N) is 1. The molecule has 1 amide bonds. The molecule has 11 heteroatoms. The predicted molar refractivity (Wildman–Crippen MR) is 125 cm³/mol. The number of amides is 1. The zero-order chi connectivity index (χ0) is 24.7. The molecule has 1 saturated heterocycles. The molecule has 180 valence electrons. The molecule has 1 fully saturated rings. The van der Waals surface area contributed by atoms with Crippen LogP contribution in [0.15, 0.2) is 47.4 Å². The topological polar surface area (TPSA) is 85.0 Å². The van der Waals surface area contributed by atoms with Gasteiger partial charge in [0.1, 0.15) is 16.9 Å². The predicted octanol–water partition coefficient (Wildman–Crippen LogP) is 3.87. The summed E-state index contributed by atoms with van der Waals surface area (Å²) in [4.78, 5) is 27.5. The fraction of sp³-hybridized carbons (Fsp3) is 0.250. The van der Waals surface area contributed by atoms with Crippen LogP contribution in [0.3, 0.4) is 0 Å². The Balaban J connectivity index is 1.58. The molecule has 35 heavy (non-hydrogen) atoms. The highest BCUT2D eigenvalue weighted by atomic mass is 19.1. The van der Waals surface area contributed by atoms with Crippen molar-refractivity contribution < 1.29 is 18.0 Å². The molecule has 0 saturated carbocycles. The Labute approximate surface area is 197 Å². The second-order valence-electron chi connectivity index (χ2n) is 8.16. The van der Waals surface area contributed by atoms with E-state index in [2.05, 4.69) is 20.4 Å². The van der Waals surface area contributed by atoms with E-state index in [-0.39, 0.29) is 11.4 Å². The van der Waals surface area contributed by atoms with Crippen LogP contribution < -0.4 is 15.8 Å². The van der Waals surface area contributed by atoms with E-state index in [0.717, 1.165) is 56.3 Å². The van der Waals surface area contributed by atoms with Crippen molar-refractivity contribution in [2.45, 2.75) is 26.3 Å². The molecule has 3 heterocycles. The Bertz CT molecular complexity index is 1490. The number of fused-ring (bicyclic) bond motifs is 1. The van der Waals surface area contributed by atoms with Crippen LogP contribution in [0.1, 0.15) is 30.3 Å². The summed E-state index contributed by atoms with van der Waals surface area (Å²) in [7, 11) is 0. The van der Waals surface area contributed by atoms with Gasteiger partial charge in [-0.25, -0.2) is 13.2 Å². The number of rotatable bonds is 5. The fourth-order valence-corrected chi connectivity index (χ4v) is 4.41. The molecule has 5 rings (SSSR count). The maximum Gasteiger partial charge on any atom is 0.276 e. The van der Waals surface area contributed by atoms with Crippen molar-refractivity contribution in [3.63, 3.8) is 0 Å². The summed E-state index contributed by atoms with van der Waals surface area (Å²) in [6.07, 6.45) is 3.48. The summed E-state index contributed by atoms with van der Waals surface area (Å²) in [5.74, 6) is -3.33. The maximum absolute atomic E-state index is 15.1.